The molecule has 1 atom stereocenters. The van der Waals surface area contributed by atoms with E-state index in [0.29, 0.717) is 18.7 Å². The van der Waals surface area contributed by atoms with Crippen LogP contribution in [0.3, 0.4) is 0 Å². The van der Waals surface area contributed by atoms with E-state index in [2.05, 4.69) is 10.2 Å². The normalized spacial score (nSPS) is 20.6. The Balaban J connectivity index is 1.82. The monoisotopic (exact) mass is 250 g/mol. The number of carbonyl (C=O) groups is 1. The molecule has 1 amide bonds. The highest BCUT2D eigenvalue weighted by molar-refractivity contribution is 5.94. The van der Waals surface area contributed by atoms with Gasteiger partial charge >= 0.3 is 0 Å². The number of phenolic OH excluding ortho intramolecular Hbond substituents is 1. The maximum absolute atomic E-state index is 11.8. The quantitative estimate of drug-likeness (QED) is 0.818. The maximum Gasteiger partial charge on any atom is 0.251 e. The second kappa shape index (κ2) is 5.84. The number of likely N-dealkylation sites (N-methyl/N-ethyl adjacent to an activating group) is 1. The van der Waals surface area contributed by atoms with Crippen molar-refractivity contribution in [1.82, 2.24) is 10.2 Å². The number of morpholine rings is 1. The first-order chi connectivity index (χ1) is 8.65. The first-order valence-corrected chi connectivity index (χ1v) is 6.02. The zero-order valence-electron chi connectivity index (χ0n) is 10.4. The van der Waals surface area contributed by atoms with Gasteiger partial charge in [-0.15, -0.1) is 0 Å². The average molecular weight is 250 g/mol. The summed E-state index contributed by atoms with van der Waals surface area (Å²) >= 11 is 0. The van der Waals surface area contributed by atoms with Gasteiger partial charge in [0.15, 0.2) is 0 Å². The third-order valence-electron chi connectivity index (χ3n) is 2.96. The van der Waals surface area contributed by atoms with Gasteiger partial charge in [0.25, 0.3) is 5.91 Å². The van der Waals surface area contributed by atoms with Crippen molar-refractivity contribution in [2.45, 2.75) is 6.10 Å². The Morgan fingerprint density at radius 3 is 2.89 bits per heavy atom. The highest BCUT2D eigenvalue weighted by Gasteiger charge is 2.18. The lowest BCUT2D eigenvalue weighted by Gasteiger charge is -2.30. The fourth-order valence-corrected chi connectivity index (χ4v) is 1.91. The number of amides is 1. The SMILES string of the molecule is CN1CCOC(CNC(=O)c2ccc(O)cc2)C1. The molecule has 1 aliphatic heterocycles. The summed E-state index contributed by atoms with van der Waals surface area (Å²) in [5.41, 5.74) is 0.539. The molecule has 18 heavy (non-hydrogen) atoms. The second-order valence-corrected chi connectivity index (χ2v) is 4.51. The molecule has 1 aromatic rings. The van der Waals surface area contributed by atoms with Gasteiger partial charge in [-0.25, -0.2) is 0 Å². The minimum Gasteiger partial charge on any atom is -0.508 e. The molecule has 1 saturated heterocycles. The van der Waals surface area contributed by atoms with Crippen LogP contribution in [0.15, 0.2) is 24.3 Å². The largest absolute Gasteiger partial charge is 0.508 e. The molecule has 5 nitrogen and oxygen atoms in total. The van der Waals surface area contributed by atoms with E-state index in [9.17, 15) is 4.79 Å². The topological polar surface area (TPSA) is 61.8 Å². The van der Waals surface area contributed by atoms with Crippen molar-refractivity contribution in [2.24, 2.45) is 0 Å². The van der Waals surface area contributed by atoms with Gasteiger partial charge in [0.2, 0.25) is 0 Å². The van der Waals surface area contributed by atoms with Crippen molar-refractivity contribution in [3.05, 3.63) is 29.8 Å². The Morgan fingerprint density at radius 1 is 1.50 bits per heavy atom. The Bertz CT molecular complexity index is 405. The van der Waals surface area contributed by atoms with E-state index >= 15 is 0 Å². The molecule has 1 fully saturated rings. The summed E-state index contributed by atoms with van der Waals surface area (Å²) in [6.07, 6.45) is 0.0461. The molecule has 1 heterocycles. The number of carbonyl (C=O) groups excluding carboxylic acids is 1. The van der Waals surface area contributed by atoms with E-state index in [1.165, 1.54) is 12.1 Å². The van der Waals surface area contributed by atoms with Crippen molar-refractivity contribution < 1.29 is 14.6 Å². The van der Waals surface area contributed by atoms with Crippen LogP contribution in [0.4, 0.5) is 0 Å². The predicted molar refractivity (Wildman–Crippen MR) is 67.7 cm³/mol. The van der Waals surface area contributed by atoms with Crippen LogP contribution < -0.4 is 5.32 Å². The summed E-state index contributed by atoms with van der Waals surface area (Å²) in [7, 11) is 2.04. The van der Waals surface area contributed by atoms with E-state index in [1.54, 1.807) is 12.1 Å². The van der Waals surface area contributed by atoms with E-state index < -0.39 is 0 Å². The zero-order valence-corrected chi connectivity index (χ0v) is 10.4. The minimum atomic E-state index is -0.146. The van der Waals surface area contributed by atoms with Crippen LogP contribution >= 0.6 is 0 Å². The van der Waals surface area contributed by atoms with Crippen LogP contribution in [0.2, 0.25) is 0 Å². The molecule has 2 N–H and O–H groups in total. The lowest BCUT2D eigenvalue weighted by atomic mass is 10.2. The van der Waals surface area contributed by atoms with Gasteiger partial charge in [0.1, 0.15) is 5.75 Å². The number of nitrogens with zero attached hydrogens (tertiary/aromatic N) is 1. The highest BCUT2D eigenvalue weighted by atomic mass is 16.5. The number of phenols is 1. The third-order valence-corrected chi connectivity index (χ3v) is 2.96. The Hall–Kier alpha value is -1.59. The standard InChI is InChI=1S/C13H18N2O3/c1-15-6-7-18-12(9-15)8-14-13(17)10-2-4-11(16)5-3-10/h2-5,12,16H,6-9H2,1H3,(H,14,17). The van der Waals surface area contributed by atoms with Crippen LogP contribution in [0.1, 0.15) is 10.4 Å². The van der Waals surface area contributed by atoms with Gasteiger partial charge < -0.3 is 20.1 Å². The summed E-state index contributed by atoms with van der Waals surface area (Å²) < 4.78 is 5.56. The molecule has 0 spiro atoms. The van der Waals surface area contributed by atoms with Crippen LogP contribution in [-0.2, 0) is 4.74 Å². The van der Waals surface area contributed by atoms with Crippen molar-refractivity contribution in [2.75, 3.05) is 33.3 Å². The Morgan fingerprint density at radius 2 is 2.22 bits per heavy atom. The maximum atomic E-state index is 11.8. The van der Waals surface area contributed by atoms with Gasteiger partial charge in [0, 0.05) is 25.2 Å². The smallest absolute Gasteiger partial charge is 0.251 e. The lowest BCUT2D eigenvalue weighted by Crippen LogP contribution is -2.45. The molecule has 1 aromatic carbocycles. The van der Waals surface area contributed by atoms with Gasteiger partial charge in [-0.05, 0) is 31.3 Å². The highest BCUT2D eigenvalue weighted by Crippen LogP contribution is 2.09. The van der Waals surface area contributed by atoms with E-state index in [4.69, 9.17) is 9.84 Å². The van der Waals surface area contributed by atoms with Gasteiger partial charge in [-0.1, -0.05) is 0 Å². The number of benzene rings is 1. The first-order valence-electron chi connectivity index (χ1n) is 6.02. The number of aromatic hydroxyl groups is 1. The molecule has 0 bridgehead atoms. The fourth-order valence-electron chi connectivity index (χ4n) is 1.91. The molecule has 1 aliphatic rings. The van der Waals surface area contributed by atoms with Gasteiger partial charge in [-0.3, -0.25) is 4.79 Å². The van der Waals surface area contributed by atoms with Crippen molar-refractivity contribution in [3.63, 3.8) is 0 Å². The summed E-state index contributed by atoms with van der Waals surface area (Å²) in [4.78, 5) is 14.0. The number of ether oxygens (including phenoxy) is 1. The molecular weight excluding hydrogens is 232 g/mol. The van der Waals surface area contributed by atoms with Crippen LogP contribution in [0.5, 0.6) is 5.75 Å². The van der Waals surface area contributed by atoms with Crippen molar-refractivity contribution >= 4 is 5.91 Å². The second-order valence-electron chi connectivity index (χ2n) is 4.51. The van der Waals surface area contributed by atoms with Crippen LogP contribution in [0.25, 0.3) is 0 Å². The van der Waals surface area contributed by atoms with E-state index in [-0.39, 0.29) is 17.8 Å². The summed E-state index contributed by atoms with van der Waals surface area (Å²) in [6, 6.07) is 6.19. The molecule has 98 valence electrons. The molecular formula is C13H18N2O3. The Labute approximate surface area is 106 Å². The lowest BCUT2D eigenvalue weighted by molar-refractivity contribution is -0.0175. The van der Waals surface area contributed by atoms with E-state index in [0.717, 1.165) is 13.1 Å². The number of hydrogen-bond acceptors (Lipinski definition) is 4. The average Bonchev–Trinajstić information content (AvgIpc) is 2.37. The first kappa shape index (κ1) is 12.9. The van der Waals surface area contributed by atoms with Crippen LogP contribution in [0, 0.1) is 0 Å². The molecule has 0 aromatic heterocycles. The Kier molecular flexibility index (Phi) is 4.17. The predicted octanol–water partition coefficient (Wildman–Crippen LogP) is 0.453. The van der Waals surface area contributed by atoms with Gasteiger partial charge in [0.05, 0.1) is 12.7 Å². The molecule has 1 unspecified atom stereocenters. The minimum absolute atomic E-state index is 0.0461. The van der Waals surface area contributed by atoms with E-state index in [1.807, 2.05) is 7.05 Å². The summed E-state index contributed by atoms with van der Waals surface area (Å²) in [5.74, 6) is 0.00983. The van der Waals surface area contributed by atoms with Gasteiger partial charge in [-0.2, -0.15) is 0 Å². The number of nitrogens with one attached hydrogen (secondary N) is 1. The summed E-state index contributed by atoms with van der Waals surface area (Å²) in [6.45, 7) is 2.97. The van der Waals surface area contributed by atoms with Crippen LogP contribution in [-0.4, -0.2) is 55.3 Å². The molecule has 0 aliphatic carbocycles. The molecule has 2 rings (SSSR count). The fraction of sp³-hybridized carbons (Fsp3) is 0.462. The number of hydrogen-bond donors (Lipinski definition) is 2. The van der Waals surface area contributed by atoms with Crippen molar-refractivity contribution in [3.8, 4) is 5.75 Å². The molecule has 5 heteroatoms. The molecule has 0 radical (unpaired) electrons. The third kappa shape index (κ3) is 3.45. The zero-order chi connectivity index (χ0) is 13.0. The summed E-state index contributed by atoms with van der Waals surface area (Å²) in [5, 5.41) is 12.0. The van der Waals surface area contributed by atoms with Crippen molar-refractivity contribution in [1.29, 1.82) is 0 Å². The number of rotatable bonds is 3. The molecule has 0 saturated carbocycles.